The van der Waals surface area contributed by atoms with Crippen LogP contribution in [0.15, 0.2) is 55.4 Å². The molecular formula is C25H31N3O5S2. The molecule has 2 aliphatic rings. The van der Waals surface area contributed by atoms with Crippen molar-refractivity contribution in [2.45, 2.75) is 48.4 Å². The van der Waals surface area contributed by atoms with Crippen LogP contribution in [0.4, 0.5) is 0 Å². The van der Waals surface area contributed by atoms with Crippen molar-refractivity contribution in [2.75, 3.05) is 32.4 Å². The monoisotopic (exact) mass is 517 g/mol. The number of piperidine rings is 1. The third-order valence-electron chi connectivity index (χ3n) is 7.02. The maximum absolute atomic E-state index is 12.8. The van der Waals surface area contributed by atoms with E-state index < -0.39 is 10.8 Å². The van der Waals surface area contributed by atoms with Crippen molar-refractivity contribution in [1.29, 1.82) is 0 Å². The van der Waals surface area contributed by atoms with Crippen molar-refractivity contribution in [3.8, 4) is 0 Å². The predicted molar refractivity (Wildman–Crippen MR) is 140 cm³/mol. The van der Waals surface area contributed by atoms with E-state index in [9.17, 15) is 18.7 Å². The van der Waals surface area contributed by atoms with Crippen LogP contribution in [0, 0.1) is 6.92 Å². The Hall–Kier alpha value is -2.24. The van der Waals surface area contributed by atoms with E-state index >= 15 is 0 Å². The lowest BCUT2D eigenvalue weighted by Gasteiger charge is -2.37. The van der Waals surface area contributed by atoms with Crippen molar-refractivity contribution in [3.05, 3.63) is 58.1 Å². The van der Waals surface area contributed by atoms with Gasteiger partial charge in [0.1, 0.15) is 0 Å². The Kier molecular flexibility index (Phi) is 6.75. The first-order valence-corrected chi connectivity index (χ1v) is 14.6. The van der Waals surface area contributed by atoms with Gasteiger partial charge in [-0.15, -0.1) is 11.8 Å². The Balaban J connectivity index is 1.13. The SMILES string of the molecule is CSc1ccc2c(c1)C(=O)N(CCCCN1CCC(n3c(=O)oc4cc(C)ccc43)CC1)S2(O)O. The molecule has 188 valence electrons. The van der Waals surface area contributed by atoms with Crippen molar-refractivity contribution in [2.24, 2.45) is 0 Å². The maximum atomic E-state index is 12.8. The third-order valence-corrected chi connectivity index (χ3v) is 9.66. The highest BCUT2D eigenvalue weighted by Crippen LogP contribution is 2.58. The van der Waals surface area contributed by atoms with Gasteiger partial charge in [0.25, 0.3) is 5.91 Å². The number of aryl methyl sites for hydroxylation is 1. The minimum Gasteiger partial charge on any atom is -0.408 e. The second-order valence-electron chi connectivity index (χ2n) is 9.28. The molecule has 3 heterocycles. The fraction of sp³-hybridized carbons (Fsp3) is 0.440. The van der Waals surface area contributed by atoms with Crippen molar-refractivity contribution in [3.63, 3.8) is 0 Å². The molecule has 3 aromatic rings. The molecule has 8 nitrogen and oxygen atoms in total. The highest BCUT2D eigenvalue weighted by atomic mass is 32.3. The van der Waals surface area contributed by atoms with Crippen LogP contribution in [0.5, 0.6) is 0 Å². The minimum absolute atomic E-state index is 0.127. The Morgan fingerprint density at radius 1 is 1.06 bits per heavy atom. The summed E-state index contributed by atoms with van der Waals surface area (Å²) in [5, 5.41) is 0. The standard InChI is InChI=1S/C25H31N3O5S2/c1-17-5-7-21-22(15-17)33-25(30)28(21)18-9-13-26(14-10-18)11-3-4-12-27-24(29)20-16-19(34-2)6-8-23(20)35(27,31)32/h5-8,15-16,18,31-32H,3-4,9-14H2,1-2H3. The van der Waals surface area contributed by atoms with Gasteiger partial charge in [-0.05, 0) is 81.3 Å². The molecule has 0 saturated carbocycles. The number of rotatable bonds is 7. The van der Waals surface area contributed by atoms with E-state index in [1.807, 2.05) is 37.4 Å². The Morgan fingerprint density at radius 2 is 1.80 bits per heavy atom. The van der Waals surface area contributed by atoms with Gasteiger partial charge in [0.15, 0.2) is 5.58 Å². The molecule has 10 heteroatoms. The zero-order valence-corrected chi connectivity index (χ0v) is 21.6. The summed E-state index contributed by atoms with van der Waals surface area (Å²) >= 11 is 1.52. The number of amides is 1. The lowest BCUT2D eigenvalue weighted by molar-refractivity contribution is 0.0859. The Labute approximate surface area is 210 Å². The van der Waals surface area contributed by atoms with Crippen LogP contribution < -0.4 is 5.76 Å². The highest BCUT2D eigenvalue weighted by Gasteiger charge is 2.41. The van der Waals surface area contributed by atoms with E-state index in [2.05, 4.69) is 4.90 Å². The Morgan fingerprint density at radius 3 is 2.54 bits per heavy atom. The summed E-state index contributed by atoms with van der Waals surface area (Å²) in [5.74, 6) is -0.589. The summed E-state index contributed by atoms with van der Waals surface area (Å²) in [6, 6.07) is 11.2. The number of carbonyl (C=O) groups excluding carboxylic acids is 1. The summed E-state index contributed by atoms with van der Waals surface area (Å²) in [5.41, 5.74) is 2.97. The minimum atomic E-state index is -3.26. The summed E-state index contributed by atoms with van der Waals surface area (Å²) in [4.78, 5) is 28.9. The second-order valence-corrected chi connectivity index (χ2v) is 12.1. The number of hydrogen-bond donors (Lipinski definition) is 2. The van der Waals surface area contributed by atoms with Gasteiger partial charge in [-0.3, -0.25) is 18.5 Å². The zero-order chi connectivity index (χ0) is 24.7. The molecule has 1 fully saturated rings. The van der Waals surface area contributed by atoms with E-state index in [1.165, 1.54) is 16.1 Å². The van der Waals surface area contributed by atoms with Gasteiger partial charge < -0.3 is 9.32 Å². The van der Waals surface area contributed by atoms with Crippen LogP contribution in [0.2, 0.25) is 0 Å². The van der Waals surface area contributed by atoms with Crippen molar-refractivity contribution in [1.82, 2.24) is 13.8 Å². The largest absolute Gasteiger partial charge is 0.420 e. The maximum Gasteiger partial charge on any atom is 0.420 e. The molecule has 0 unspecified atom stereocenters. The van der Waals surface area contributed by atoms with Gasteiger partial charge in [0.2, 0.25) is 0 Å². The quantitative estimate of drug-likeness (QED) is 0.327. The number of nitrogens with zero attached hydrogens (tertiary/aromatic N) is 3. The average Bonchev–Trinajstić information content (AvgIpc) is 3.26. The number of aromatic nitrogens is 1. The first-order valence-electron chi connectivity index (χ1n) is 11.9. The lowest BCUT2D eigenvalue weighted by atomic mass is 10.0. The molecule has 5 rings (SSSR count). The topological polar surface area (TPSA) is 99.2 Å². The molecule has 1 aromatic heterocycles. The van der Waals surface area contributed by atoms with E-state index in [0.29, 0.717) is 29.0 Å². The fourth-order valence-electron chi connectivity index (χ4n) is 5.12. The summed E-state index contributed by atoms with van der Waals surface area (Å²) < 4.78 is 29.9. The molecule has 2 N–H and O–H groups in total. The molecule has 0 radical (unpaired) electrons. The summed E-state index contributed by atoms with van der Waals surface area (Å²) in [6.07, 6.45) is 5.22. The molecule has 0 aliphatic carbocycles. The van der Waals surface area contributed by atoms with Crippen molar-refractivity contribution >= 4 is 39.5 Å². The van der Waals surface area contributed by atoms with Crippen LogP contribution >= 0.6 is 22.5 Å². The number of oxazole rings is 1. The first-order chi connectivity index (χ1) is 16.8. The van der Waals surface area contributed by atoms with Gasteiger partial charge in [-0.2, -0.15) is 0 Å². The van der Waals surface area contributed by atoms with Crippen LogP contribution in [0.3, 0.4) is 0 Å². The molecule has 1 saturated heterocycles. The Bertz CT molecular complexity index is 1310. The molecular weight excluding hydrogens is 486 g/mol. The lowest BCUT2D eigenvalue weighted by Crippen LogP contribution is -2.37. The average molecular weight is 518 g/mol. The smallest absolute Gasteiger partial charge is 0.408 e. The zero-order valence-electron chi connectivity index (χ0n) is 20.0. The number of fused-ring (bicyclic) bond motifs is 2. The molecule has 35 heavy (non-hydrogen) atoms. The third kappa shape index (κ3) is 4.53. The van der Waals surface area contributed by atoms with E-state index in [-0.39, 0.29) is 17.7 Å². The van der Waals surface area contributed by atoms with Crippen LogP contribution in [0.1, 0.15) is 47.6 Å². The molecule has 0 spiro atoms. The molecule has 1 amide bonds. The van der Waals surface area contributed by atoms with E-state index in [1.54, 1.807) is 16.7 Å². The molecule has 2 aromatic carbocycles. The molecule has 2 aliphatic heterocycles. The number of unbranched alkanes of at least 4 members (excludes halogenated alkanes) is 1. The summed E-state index contributed by atoms with van der Waals surface area (Å²) in [6.45, 7) is 4.94. The second kappa shape index (κ2) is 9.67. The number of hydrogen-bond acceptors (Lipinski definition) is 7. The van der Waals surface area contributed by atoms with Gasteiger partial charge >= 0.3 is 5.76 Å². The van der Waals surface area contributed by atoms with Gasteiger partial charge in [-0.25, -0.2) is 9.10 Å². The van der Waals surface area contributed by atoms with Crippen molar-refractivity contribution < 1.29 is 18.3 Å². The van der Waals surface area contributed by atoms with Crippen LogP contribution in [-0.2, 0) is 0 Å². The van der Waals surface area contributed by atoms with Gasteiger partial charge in [0.05, 0.1) is 16.0 Å². The van der Waals surface area contributed by atoms with Crippen LogP contribution in [0.25, 0.3) is 11.1 Å². The number of benzene rings is 2. The van der Waals surface area contributed by atoms with E-state index in [4.69, 9.17) is 4.42 Å². The predicted octanol–water partition coefficient (Wildman–Crippen LogP) is 5.22. The molecule has 0 bridgehead atoms. The highest BCUT2D eigenvalue weighted by molar-refractivity contribution is 8.23. The normalized spacial score (nSPS) is 19.4. The van der Waals surface area contributed by atoms with Crippen LogP contribution in [-0.4, -0.2) is 61.2 Å². The first kappa shape index (κ1) is 24.5. The number of thioether (sulfide) groups is 1. The molecule has 0 atom stereocenters. The van der Waals surface area contributed by atoms with Gasteiger partial charge in [-0.1, -0.05) is 16.8 Å². The summed E-state index contributed by atoms with van der Waals surface area (Å²) in [7, 11) is -3.26. The number of carbonyl (C=O) groups is 1. The fourth-order valence-corrected chi connectivity index (χ4v) is 7.20. The number of likely N-dealkylation sites (tertiary alicyclic amines) is 1. The van der Waals surface area contributed by atoms with Gasteiger partial charge in [0, 0.05) is 30.6 Å². The van der Waals surface area contributed by atoms with E-state index in [0.717, 1.165) is 54.9 Å².